The van der Waals surface area contributed by atoms with Gasteiger partial charge in [0, 0.05) is 49.9 Å². The van der Waals surface area contributed by atoms with Crippen molar-refractivity contribution in [1.82, 2.24) is 4.40 Å². The largest absolute Gasteiger partial charge is 0.422 e. The molecule has 228 valence electrons. The van der Waals surface area contributed by atoms with Gasteiger partial charge >= 0.3 is 11.3 Å². The highest BCUT2D eigenvalue weighted by atomic mass is 16.4. The standard InChI is InChI=1S/C40H27NO6/c42-37-18-8-4-16(5-9-18)20-12-24-26(14-22(20)37)41-27-15-23-21(17-6-10-19(11-7-17)38(23)43)13-25(27)31-35-33-32-28(2-1-3-29(32)47-40(35)45)46-39(44)34(33)30(24)36(31)41/h1-3,12-19H,4-11H2. The number of carbonyl (C=O) groups is 2. The van der Waals surface area contributed by atoms with Crippen LogP contribution in [0.1, 0.15) is 95.0 Å². The number of Topliss-reactive ketones (excluding diaryl/α,β-unsaturated/α-hetero) is 2. The van der Waals surface area contributed by atoms with Gasteiger partial charge in [-0.05, 0) is 111 Å². The molecule has 6 aliphatic rings. The summed E-state index contributed by atoms with van der Waals surface area (Å²) in [6, 6.07) is 13.6. The summed E-state index contributed by atoms with van der Waals surface area (Å²) in [5, 5.41) is 5.15. The third-order valence-corrected chi connectivity index (χ3v) is 12.7. The summed E-state index contributed by atoms with van der Waals surface area (Å²) >= 11 is 0. The van der Waals surface area contributed by atoms with E-state index < -0.39 is 11.3 Å². The number of nitrogens with zero attached hydrogens (tertiary/aromatic N) is 1. The maximum atomic E-state index is 14.1. The van der Waals surface area contributed by atoms with Crippen LogP contribution in [0.5, 0.6) is 0 Å². The fourth-order valence-corrected chi connectivity index (χ4v) is 10.6. The van der Waals surface area contributed by atoms with Gasteiger partial charge in [0.15, 0.2) is 11.6 Å². The van der Waals surface area contributed by atoms with E-state index in [-0.39, 0.29) is 35.2 Å². The Kier molecular flexibility index (Phi) is 4.32. The van der Waals surface area contributed by atoms with Gasteiger partial charge in [0.2, 0.25) is 0 Å². The predicted molar refractivity (Wildman–Crippen MR) is 180 cm³/mol. The fourth-order valence-electron chi connectivity index (χ4n) is 10.6. The van der Waals surface area contributed by atoms with Gasteiger partial charge in [0.1, 0.15) is 11.2 Å². The number of benzene rings is 4. The van der Waals surface area contributed by atoms with Crippen LogP contribution >= 0.6 is 0 Å². The van der Waals surface area contributed by atoms with Crippen molar-refractivity contribution >= 4 is 82.4 Å². The average Bonchev–Trinajstić information content (AvgIpc) is 3.41. The SMILES string of the molecule is O=C1c2cc3c(cc2C2CCC1CC2)c1c2c(=O)oc4cccc5oc(=O)c(c2c45)c2c4cc5c(cc4n3c12)C(=O)C1CCC5CC1. The minimum absolute atomic E-state index is 0.0350. The molecule has 0 saturated heterocycles. The van der Waals surface area contributed by atoms with Crippen LogP contribution < -0.4 is 11.3 Å². The summed E-state index contributed by atoms with van der Waals surface area (Å²) in [4.78, 5) is 56.2. The van der Waals surface area contributed by atoms with E-state index in [1.54, 1.807) is 18.2 Å². The normalized spacial score (nSPS) is 24.2. The monoisotopic (exact) mass is 617 g/mol. The number of aromatic nitrogens is 1. The van der Waals surface area contributed by atoms with Crippen molar-refractivity contribution in [3.8, 4) is 0 Å². The molecular formula is C40H27NO6. The number of carbonyl (C=O) groups excluding carboxylic acids is 2. The topological polar surface area (TPSA) is 99.0 Å². The third kappa shape index (κ3) is 2.80. The molecule has 6 aliphatic carbocycles. The molecule has 2 saturated carbocycles. The number of hydrogen-bond donors (Lipinski definition) is 0. The quantitative estimate of drug-likeness (QED) is 0.125. The van der Waals surface area contributed by atoms with Crippen LogP contribution in [0.3, 0.4) is 0 Å². The second-order valence-corrected chi connectivity index (χ2v) is 14.7. The molecule has 47 heavy (non-hydrogen) atoms. The Morgan fingerprint density at radius 3 is 1.43 bits per heavy atom. The van der Waals surface area contributed by atoms with E-state index in [9.17, 15) is 19.2 Å². The van der Waals surface area contributed by atoms with Crippen molar-refractivity contribution in [2.75, 3.05) is 0 Å². The lowest BCUT2D eigenvalue weighted by molar-refractivity contribution is 0.0891. The highest BCUT2D eigenvalue weighted by Crippen LogP contribution is 2.52. The van der Waals surface area contributed by atoms with Gasteiger partial charge in [0.05, 0.1) is 32.7 Å². The van der Waals surface area contributed by atoms with E-state index in [1.807, 2.05) is 12.1 Å². The third-order valence-electron chi connectivity index (χ3n) is 12.7. The number of ketones is 2. The van der Waals surface area contributed by atoms with Gasteiger partial charge < -0.3 is 13.2 Å². The molecular weight excluding hydrogens is 590 g/mol. The molecule has 4 aromatic heterocycles. The predicted octanol–water partition coefficient (Wildman–Crippen LogP) is 8.58. The van der Waals surface area contributed by atoms with Crippen LogP contribution in [0.4, 0.5) is 0 Å². The minimum Gasteiger partial charge on any atom is -0.422 e. The molecule has 0 radical (unpaired) electrons. The van der Waals surface area contributed by atoms with Gasteiger partial charge in [-0.3, -0.25) is 9.59 Å². The Morgan fingerprint density at radius 2 is 0.957 bits per heavy atom. The van der Waals surface area contributed by atoms with E-state index in [0.29, 0.717) is 32.7 Å². The molecule has 0 spiro atoms. The molecule has 4 heterocycles. The molecule has 4 aromatic carbocycles. The number of rotatable bonds is 0. The Morgan fingerprint density at radius 1 is 0.511 bits per heavy atom. The molecule has 8 aromatic rings. The Bertz CT molecular complexity index is 2720. The summed E-state index contributed by atoms with van der Waals surface area (Å²) in [5.74, 6) is 1.05. The van der Waals surface area contributed by atoms with Crippen LogP contribution in [-0.4, -0.2) is 16.0 Å². The molecule has 14 rings (SSSR count). The molecule has 0 amide bonds. The maximum Gasteiger partial charge on any atom is 0.344 e. The van der Waals surface area contributed by atoms with Crippen molar-refractivity contribution in [3.63, 3.8) is 0 Å². The van der Waals surface area contributed by atoms with Crippen molar-refractivity contribution in [3.05, 3.63) is 85.6 Å². The van der Waals surface area contributed by atoms with Crippen molar-refractivity contribution in [2.45, 2.75) is 63.2 Å². The Labute approximate surface area is 265 Å². The van der Waals surface area contributed by atoms with E-state index in [4.69, 9.17) is 8.83 Å². The molecule has 7 heteroatoms. The van der Waals surface area contributed by atoms with E-state index in [2.05, 4.69) is 16.5 Å². The lowest BCUT2D eigenvalue weighted by atomic mass is 9.82. The second kappa shape index (κ2) is 8.08. The average molecular weight is 618 g/mol. The zero-order chi connectivity index (χ0) is 31.0. The van der Waals surface area contributed by atoms with Gasteiger partial charge in [-0.15, -0.1) is 0 Å². The Balaban J connectivity index is 1.39. The van der Waals surface area contributed by atoms with E-state index >= 15 is 0 Å². The molecule has 0 unspecified atom stereocenters. The highest BCUT2D eigenvalue weighted by molar-refractivity contribution is 6.41. The highest BCUT2D eigenvalue weighted by Gasteiger charge is 2.39. The molecule has 2 fully saturated rings. The molecule has 4 bridgehead atoms. The number of hydrogen-bond acceptors (Lipinski definition) is 6. The molecule has 0 N–H and O–H groups in total. The molecule has 0 atom stereocenters. The minimum atomic E-state index is -0.502. The fraction of sp³-hybridized carbons (Fsp3) is 0.300. The Hall–Kier alpha value is -5.04. The smallest absolute Gasteiger partial charge is 0.344 e. The zero-order valence-electron chi connectivity index (χ0n) is 25.4. The van der Waals surface area contributed by atoms with Crippen LogP contribution in [0.15, 0.2) is 60.9 Å². The second-order valence-electron chi connectivity index (χ2n) is 14.7. The van der Waals surface area contributed by atoms with Gasteiger partial charge in [-0.1, -0.05) is 6.07 Å². The van der Waals surface area contributed by atoms with E-state index in [0.717, 1.165) is 112 Å². The van der Waals surface area contributed by atoms with Crippen LogP contribution in [0.2, 0.25) is 0 Å². The van der Waals surface area contributed by atoms with E-state index in [1.165, 1.54) is 0 Å². The van der Waals surface area contributed by atoms with Crippen LogP contribution in [0.25, 0.3) is 70.8 Å². The number of fused-ring (bicyclic) bond motifs is 12. The summed E-state index contributed by atoms with van der Waals surface area (Å²) in [5.41, 5.74) is 5.80. The van der Waals surface area contributed by atoms with Crippen molar-refractivity contribution in [1.29, 1.82) is 0 Å². The zero-order valence-corrected chi connectivity index (χ0v) is 25.4. The van der Waals surface area contributed by atoms with Gasteiger partial charge in [-0.25, -0.2) is 9.59 Å². The van der Waals surface area contributed by atoms with Crippen molar-refractivity contribution < 1.29 is 18.4 Å². The van der Waals surface area contributed by atoms with Gasteiger partial charge in [0.25, 0.3) is 0 Å². The summed E-state index contributed by atoms with van der Waals surface area (Å²) < 4.78 is 14.1. The summed E-state index contributed by atoms with van der Waals surface area (Å²) in [6.07, 6.45) is 7.52. The van der Waals surface area contributed by atoms with Gasteiger partial charge in [-0.2, -0.15) is 0 Å². The lowest BCUT2D eigenvalue weighted by Crippen LogP contribution is -2.15. The van der Waals surface area contributed by atoms with Crippen molar-refractivity contribution in [2.24, 2.45) is 11.8 Å². The molecule has 7 nitrogen and oxygen atoms in total. The summed E-state index contributed by atoms with van der Waals surface area (Å²) in [7, 11) is 0. The first-order chi connectivity index (χ1) is 23.0. The molecule has 0 aliphatic heterocycles. The first kappa shape index (κ1) is 25.1. The van der Waals surface area contributed by atoms with Crippen LogP contribution in [0, 0.1) is 11.8 Å². The first-order valence-electron chi connectivity index (χ1n) is 17.0. The first-order valence-corrected chi connectivity index (χ1v) is 17.0. The van der Waals surface area contributed by atoms with Crippen LogP contribution in [-0.2, 0) is 0 Å². The summed E-state index contributed by atoms with van der Waals surface area (Å²) in [6.45, 7) is 0. The maximum absolute atomic E-state index is 14.1. The lowest BCUT2D eigenvalue weighted by Gasteiger charge is -2.22.